The molecule has 0 aliphatic heterocycles. The molecule has 0 unspecified atom stereocenters. The molecule has 55 heavy (non-hydrogen) atoms. The average Bonchev–Trinajstić information content (AvgIpc) is 3.90. The Morgan fingerprint density at radius 3 is 1.51 bits per heavy atom. The molecular weight excluding hydrogens is 685 g/mol. The van der Waals surface area contributed by atoms with Crippen LogP contribution >= 0.6 is 11.3 Å². The van der Waals surface area contributed by atoms with Crippen molar-refractivity contribution in [2.24, 2.45) is 0 Å². The van der Waals surface area contributed by atoms with Crippen molar-refractivity contribution < 1.29 is 0 Å². The molecule has 3 aromatic heterocycles. The van der Waals surface area contributed by atoms with Crippen molar-refractivity contribution in [1.29, 1.82) is 0 Å². The highest BCUT2D eigenvalue weighted by Gasteiger charge is 2.17. The fourth-order valence-corrected chi connectivity index (χ4v) is 10.0. The molecule has 0 bridgehead atoms. The molecule has 12 rings (SSSR count). The molecule has 0 saturated carbocycles. The van der Waals surface area contributed by atoms with E-state index in [1.165, 1.54) is 108 Å². The van der Waals surface area contributed by atoms with E-state index in [1.807, 2.05) is 11.3 Å². The Labute approximate surface area is 321 Å². The van der Waals surface area contributed by atoms with Gasteiger partial charge >= 0.3 is 0 Å². The van der Waals surface area contributed by atoms with Gasteiger partial charge in [0.2, 0.25) is 0 Å². The van der Waals surface area contributed by atoms with Gasteiger partial charge in [-0.1, -0.05) is 115 Å². The number of benzene rings is 9. The predicted molar refractivity (Wildman–Crippen MR) is 236 cm³/mol. The summed E-state index contributed by atoms with van der Waals surface area (Å²) in [4.78, 5) is 0. The Kier molecular flexibility index (Phi) is 6.54. The van der Waals surface area contributed by atoms with Crippen LogP contribution in [0.1, 0.15) is 0 Å². The minimum Gasteiger partial charge on any atom is -0.309 e. The second-order valence-electron chi connectivity index (χ2n) is 14.6. The van der Waals surface area contributed by atoms with Gasteiger partial charge in [-0.3, -0.25) is 0 Å². The molecule has 0 atom stereocenters. The van der Waals surface area contributed by atoms with Crippen LogP contribution in [0.5, 0.6) is 0 Å². The fraction of sp³-hybridized carbons (Fsp3) is 0. The van der Waals surface area contributed by atoms with E-state index in [9.17, 15) is 0 Å². The topological polar surface area (TPSA) is 9.86 Å². The summed E-state index contributed by atoms with van der Waals surface area (Å²) in [5.41, 5.74) is 12.1. The summed E-state index contributed by atoms with van der Waals surface area (Å²) in [7, 11) is 0. The van der Waals surface area contributed by atoms with E-state index in [-0.39, 0.29) is 0 Å². The van der Waals surface area contributed by atoms with E-state index in [0.717, 1.165) is 0 Å². The number of hydrogen-bond donors (Lipinski definition) is 0. The first-order valence-electron chi connectivity index (χ1n) is 18.8. The van der Waals surface area contributed by atoms with E-state index < -0.39 is 0 Å². The van der Waals surface area contributed by atoms with Gasteiger partial charge in [0.15, 0.2) is 0 Å². The van der Waals surface area contributed by atoms with Crippen LogP contribution in [-0.2, 0) is 0 Å². The van der Waals surface area contributed by atoms with Crippen LogP contribution in [0.4, 0.5) is 0 Å². The molecule has 0 N–H and O–H groups in total. The second kappa shape index (κ2) is 11.8. The van der Waals surface area contributed by atoms with Crippen LogP contribution in [0, 0.1) is 0 Å². The first kappa shape index (κ1) is 30.5. The van der Waals surface area contributed by atoms with Crippen molar-refractivity contribution in [2.75, 3.05) is 0 Å². The largest absolute Gasteiger partial charge is 0.309 e. The zero-order chi connectivity index (χ0) is 36.0. The van der Waals surface area contributed by atoms with Gasteiger partial charge in [-0.25, -0.2) is 0 Å². The van der Waals surface area contributed by atoms with Crippen molar-refractivity contribution in [2.45, 2.75) is 0 Å². The number of nitrogens with zero attached hydrogens (tertiary/aromatic N) is 2. The minimum atomic E-state index is 1.17. The number of fused-ring (bicyclic) bond motifs is 10. The first-order valence-corrected chi connectivity index (χ1v) is 19.6. The van der Waals surface area contributed by atoms with Crippen molar-refractivity contribution in [3.63, 3.8) is 0 Å². The molecule has 0 amide bonds. The van der Waals surface area contributed by atoms with Crippen LogP contribution in [0.3, 0.4) is 0 Å². The molecule has 9 aromatic carbocycles. The summed E-state index contributed by atoms with van der Waals surface area (Å²) < 4.78 is 7.48. The fourth-order valence-electron chi connectivity index (χ4n) is 8.89. The monoisotopic (exact) mass is 716 g/mol. The van der Waals surface area contributed by atoms with Gasteiger partial charge in [0.25, 0.3) is 0 Å². The lowest BCUT2D eigenvalue weighted by atomic mass is 9.99. The highest BCUT2D eigenvalue weighted by Crippen LogP contribution is 2.41. The first-order chi connectivity index (χ1) is 27.2. The molecule has 3 heterocycles. The maximum Gasteiger partial charge on any atom is 0.0541 e. The number of aromatic nitrogens is 2. The van der Waals surface area contributed by atoms with Gasteiger partial charge < -0.3 is 9.13 Å². The number of para-hydroxylation sites is 2. The molecule has 3 heteroatoms. The van der Waals surface area contributed by atoms with Crippen LogP contribution in [0.2, 0.25) is 0 Å². The summed E-state index contributed by atoms with van der Waals surface area (Å²) in [5, 5.41) is 10.2. The van der Waals surface area contributed by atoms with E-state index >= 15 is 0 Å². The van der Waals surface area contributed by atoms with E-state index in [0.29, 0.717) is 0 Å². The Hall–Kier alpha value is -6.94. The maximum atomic E-state index is 2.44. The van der Waals surface area contributed by atoms with Gasteiger partial charge in [-0.2, -0.15) is 0 Å². The van der Waals surface area contributed by atoms with E-state index in [2.05, 4.69) is 203 Å². The lowest BCUT2D eigenvalue weighted by Crippen LogP contribution is -1.94. The van der Waals surface area contributed by atoms with Gasteiger partial charge in [-0.05, 0) is 112 Å². The summed E-state index contributed by atoms with van der Waals surface area (Å²) in [6, 6.07) is 71.6. The predicted octanol–water partition coefficient (Wildman–Crippen LogP) is 14.7. The smallest absolute Gasteiger partial charge is 0.0541 e. The van der Waals surface area contributed by atoms with Crippen LogP contribution in [0.25, 0.3) is 108 Å². The Morgan fingerprint density at radius 2 is 0.782 bits per heavy atom. The summed E-state index contributed by atoms with van der Waals surface area (Å²) in [6.45, 7) is 0. The third kappa shape index (κ3) is 4.67. The maximum absolute atomic E-state index is 2.44. The van der Waals surface area contributed by atoms with Crippen LogP contribution < -0.4 is 0 Å². The SMILES string of the molecule is c1ccc(-n2c3ccccc3c3cc(-c4ccc5c(c4)c4cc(-c6ccc7c(c6)sc6ccccc67)ccc4n5-c4ccc5ccccc5c4)ccc32)cc1. The molecule has 2 nitrogen and oxygen atoms in total. The molecular formula is C52H32N2S. The zero-order valence-electron chi connectivity index (χ0n) is 29.8. The summed E-state index contributed by atoms with van der Waals surface area (Å²) in [6.07, 6.45) is 0. The van der Waals surface area contributed by atoms with Crippen molar-refractivity contribution in [1.82, 2.24) is 9.13 Å². The summed E-state index contributed by atoms with van der Waals surface area (Å²) >= 11 is 1.87. The van der Waals surface area contributed by atoms with Gasteiger partial charge in [-0.15, -0.1) is 11.3 Å². The third-order valence-corrected chi connectivity index (χ3v) is 12.6. The van der Waals surface area contributed by atoms with Crippen molar-refractivity contribution >= 4 is 85.9 Å². The molecule has 0 spiro atoms. The lowest BCUT2D eigenvalue weighted by Gasteiger charge is -2.10. The molecule has 0 aliphatic rings. The molecule has 0 fully saturated rings. The Morgan fingerprint density at radius 1 is 0.273 bits per heavy atom. The highest BCUT2D eigenvalue weighted by atomic mass is 32.1. The molecule has 0 aliphatic carbocycles. The molecule has 0 saturated heterocycles. The Balaban J connectivity index is 1.07. The molecule has 0 radical (unpaired) electrons. The molecule has 256 valence electrons. The second-order valence-corrected chi connectivity index (χ2v) is 15.6. The van der Waals surface area contributed by atoms with Gasteiger partial charge in [0, 0.05) is 53.1 Å². The quantitative estimate of drug-likeness (QED) is 0.172. The van der Waals surface area contributed by atoms with Crippen molar-refractivity contribution in [3.8, 4) is 33.6 Å². The van der Waals surface area contributed by atoms with E-state index in [1.54, 1.807) is 0 Å². The minimum absolute atomic E-state index is 1.17. The zero-order valence-corrected chi connectivity index (χ0v) is 30.6. The number of hydrogen-bond acceptors (Lipinski definition) is 1. The van der Waals surface area contributed by atoms with Gasteiger partial charge in [0.1, 0.15) is 0 Å². The van der Waals surface area contributed by atoms with E-state index in [4.69, 9.17) is 0 Å². The highest BCUT2D eigenvalue weighted by molar-refractivity contribution is 7.25. The lowest BCUT2D eigenvalue weighted by molar-refractivity contribution is 1.18. The molecule has 12 aromatic rings. The van der Waals surface area contributed by atoms with Crippen LogP contribution in [-0.4, -0.2) is 9.13 Å². The summed E-state index contributed by atoms with van der Waals surface area (Å²) in [5.74, 6) is 0. The van der Waals surface area contributed by atoms with Gasteiger partial charge in [0.05, 0.1) is 22.1 Å². The normalized spacial score (nSPS) is 12.0. The number of rotatable bonds is 4. The standard InChI is InChI=1S/C52H32N2S/c1-2-12-39(13-3-1)53-47-16-8-6-14-41(47)44-29-35(20-25-48(44)53)36-21-26-49-45(30-36)46-31-37(38-19-24-43-42-15-7-9-17-51(42)55-52(43)32-38)22-27-50(46)54(49)40-23-18-33-10-4-5-11-34(33)28-40/h1-32H. The van der Waals surface area contributed by atoms with Crippen LogP contribution in [0.15, 0.2) is 194 Å². The number of thiophene rings is 1. The third-order valence-electron chi connectivity index (χ3n) is 11.5. The Bertz CT molecular complexity index is 3490. The average molecular weight is 717 g/mol. The van der Waals surface area contributed by atoms with Crippen molar-refractivity contribution in [3.05, 3.63) is 194 Å².